The first-order chi connectivity index (χ1) is 6.15. The molecule has 1 aromatic heterocycles. The van der Waals surface area contributed by atoms with Gasteiger partial charge < -0.3 is 4.90 Å². The molecule has 13 heavy (non-hydrogen) atoms. The molecule has 0 atom stereocenters. The third-order valence-corrected chi connectivity index (χ3v) is 2.32. The highest BCUT2D eigenvalue weighted by Crippen LogP contribution is 2.20. The highest BCUT2D eigenvalue weighted by Gasteiger charge is 2.24. The van der Waals surface area contributed by atoms with Crippen LogP contribution in [0.15, 0.2) is 6.07 Å². The Hall–Kier alpha value is -1.12. The molecule has 2 heterocycles. The predicted octanol–water partition coefficient (Wildman–Crippen LogP) is 1.55. The number of nitrogens with zero attached hydrogens (tertiary/aromatic N) is 3. The maximum atomic E-state index is 4.41. The highest BCUT2D eigenvalue weighted by molar-refractivity contribution is 5.35. The molecule has 1 aliphatic heterocycles. The lowest BCUT2D eigenvalue weighted by molar-refractivity contribution is 0.438. The van der Waals surface area contributed by atoms with Crippen molar-refractivity contribution in [3.05, 3.63) is 17.5 Å². The summed E-state index contributed by atoms with van der Waals surface area (Å²) in [7, 11) is 0. The molecule has 0 radical (unpaired) electrons. The molecule has 0 bridgehead atoms. The minimum Gasteiger partial charge on any atom is -0.340 e. The third kappa shape index (κ3) is 1.64. The molecule has 1 fully saturated rings. The van der Waals surface area contributed by atoms with Gasteiger partial charge >= 0.3 is 0 Å². The summed E-state index contributed by atoms with van der Waals surface area (Å²) in [5.74, 6) is 1.69. The quantitative estimate of drug-likeness (QED) is 0.651. The number of rotatable bonds is 1. The molecule has 1 aromatic rings. The van der Waals surface area contributed by atoms with Gasteiger partial charge in [0.05, 0.1) is 0 Å². The van der Waals surface area contributed by atoms with Crippen LogP contribution >= 0.6 is 0 Å². The molecule has 0 amide bonds. The molecule has 1 aliphatic rings. The Morgan fingerprint density at radius 2 is 1.77 bits per heavy atom. The van der Waals surface area contributed by atoms with E-state index in [1.807, 2.05) is 19.9 Å². The van der Waals surface area contributed by atoms with Gasteiger partial charge in [0.1, 0.15) is 0 Å². The van der Waals surface area contributed by atoms with E-state index in [1.165, 1.54) is 0 Å². The fraction of sp³-hybridized carbons (Fsp3) is 0.600. The van der Waals surface area contributed by atoms with Crippen LogP contribution in [0.4, 0.5) is 5.95 Å². The van der Waals surface area contributed by atoms with Gasteiger partial charge in [-0.1, -0.05) is 6.92 Å². The second-order valence-corrected chi connectivity index (χ2v) is 3.96. The van der Waals surface area contributed by atoms with E-state index in [1.54, 1.807) is 0 Å². The molecule has 3 nitrogen and oxygen atoms in total. The van der Waals surface area contributed by atoms with Gasteiger partial charge in [0.2, 0.25) is 5.95 Å². The van der Waals surface area contributed by atoms with Gasteiger partial charge in [-0.05, 0) is 25.8 Å². The van der Waals surface area contributed by atoms with E-state index in [4.69, 9.17) is 0 Å². The fourth-order valence-electron chi connectivity index (χ4n) is 1.71. The van der Waals surface area contributed by atoms with Gasteiger partial charge in [0.25, 0.3) is 0 Å². The van der Waals surface area contributed by atoms with Gasteiger partial charge in [-0.3, -0.25) is 0 Å². The van der Waals surface area contributed by atoms with Crippen LogP contribution in [0.3, 0.4) is 0 Å². The Morgan fingerprint density at radius 1 is 1.23 bits per heavy atom. The van der Waals surface area contributed by atoms with Crippen molar-refractivity contribution < 1.29 is 0 Å². The predicted molar refractivity (Wildman–Crippen MR) is 52.9 cm³/mol. The molecule has 0 N–H and O–H groups in total. The first-order valence-electron chi connectivity index (χ1n) is 4.72. The van der Waals surface area contributed by atoms with E-state index in [0.717, 1.165) is 36.3 Å². The van der Waals surface area contributed by atoms with E-state index in [-0.39, 0.29) is 0 Å². The van der Waals surface area contributed by atoms with Crippen LogP contribution in [0, 0.1) is 19.8 Å². The average Bonchev–Trinajstić information content (AvgIpc) is 1.96. The summed E-state index contributed by atoms with van der Waals surface area (Å²) in [5, 5.41) is 0. The van der Waals surface area contributed by atoms with Gasteiger partial charge in [-0.2, -0.15) is 0 Å². The second-order valence-electron chi connectivity index (χ2n) is 3.96. The average molecular weight is 177 g/mol. The minimum atomic E-state index is 0.796. The molecule has 0 unspecified atom stereocenters. The van der Waals surface area contributed by atoms with Gasteiger partial charge in [0.15, 0.2) is 0 Å². The summed E-state index contributed by atoms with van der Waals surface area (Å²) >= 11 is 0. The number of hydrogen-bond acceptors (Lipinski definition) is 3. The Bertz CT molecular complexity index is 296. The maximum Gasteiger partial charge on any atom is 0.225 e. The molecule has 0 saturated carbocycles. The molecular formula is C10H15N3. The zero-order valence-electron chi connectivity index (χ0n) is 8.41. The van der Waals surface area contributed by atoms with Gasteiger partial charge in [-0.15, -0.1) is 0 Å². The number of aromatic nitrogens is 2. The molecule has 70 valence electrons. The summed E-state index contributed by atoms with van der Waals surface area (Å²) < 4.78 is 0. The van der Waals surface area contributed by atoms with Crippen molar-refractivity contribution >= 4 is 5.95 Å². The summed E-state index contributed by atoms with van der Waals surface area (Å²) in [6, 6.07) is 2.01. The van der Waals surface area contributed by atoms with E-state index in [9.17, 15) is 0 Å². The number of aryl methyl sites for hydroxylation is 2. The molecule has 0 aliphatic carbocycles. The second kappa shape index (κ2) is 2.98. The summed E-state index contributed by atoms with van der Waals surface area (Å²) in [6.45, 7) is 8.48. The van der Waals surface area contributed by atoms with Crippen LogP contribution in [0.2, 0.25) is 0 Å². The lowest BCUT2D eigenvalue weighted by Gasteiger charge is -2.37. The van der Waals surface area contributed by atoms with Gasteiger partial charge in [0, 0.05) is 24.5 Å². The normalized spacial score (nSPS) is 17.3. The molecule has 0 spiro atoms. The zero-order chi connectivity index (χ0) is 9.42. The van der Waals surface area contributed by atoms with Crippen LogP contribution in [0.25, 0.3) is 0 Å². The summed E-state index contributed by atoms with van der Waals surface area (Å²) in [4.78, 5) is 11.0. The maximum absolute atomic E-state index is 4.41. The van der Waals surface area contributed by atoms with Crippen molar-refractivity contribution in [2.45, 2.75) is 20.8 Å². The van der Waals surface area contributed by atoms with Gasteiger partial charge in [-0.25, -0.2) is 9.97 Å². The Labute approximate surface area is 78.8 Å². The Morgan fingerprint density at radius 3 is 2.23 bits per heavy atom. The van der Waals surface area contributed by atoms with E-state index >= 15 is 0 Å². The van der Waals surface area contributed by atoms with Crippen LogP contribution < -0.4 is 4.90 Å². The van der Waals surface area contributed by atoms with Crippen molar-refractivity contribution in [3.8, 4) is 0 Å². The van der Waals surface area contributed by atoms with Crippen LogP contribution in [-0.2, 0) is 0 Å². The fourth-order valence-corrected chi connectivity index (χ4v) is 1.71. The molecule has 0 aromatic carbocycles. The summed E-state index contributed by atoms with van der Waals surface area (Å²) in [5.41, 5.74) is 2.11. The zero-order valence-corrected chi connectivity index (χ0v) is 8.41. The first kappa shape index (κ1) is 8.48. The van der Waals surface area contributed by atoms with E-state index in [2.05, 4.69) is 21.8 Å². The van der Waals surface area contributed by atoms with Crippen molar-refractivity contribution in [1.82, 2.24) is 9.97 Å². The van der Waals surface area contributed by atoms with Crippen LogP contribution in [0.1, 0.15) is 18.3 Å². The number of hydrogen-bond donors (Lipinski definition) is 0. The van der Waals surface area contributed by atoms with E-state index < -0.39 is 0 Å². The molecule has 3 heteroatoms. The highest BCUT2D eigenvalue weighted by atomic mass is 15.3. The largest absolute Gasteiger partial charge is 0.340 e. The van der Waals surface area contributed by atoms with Crippen LogP contribution in [-0.4, -0.2) is 23.1 Å². The van der Waals surface area contributed by atoms with Crippen LogP contribution in [0.5, 0.6) is 0 Å². The molecule has 1 saturated heterocycles. The lowest BCUT2D eigenvalue weighted by Crippen LogP contribution is -2.46. The monoisotopic (exact) mass is 177 g/mol. The first-order valence-corrected chi connectivity index (χ1v) is 4.72. The third-order valence-electron chi connectivity index (χ3n) is 2.32. The Kier molecular flexibility index (Phi) is 1.94. The van der Waals surface area contributed by atoms with Crippen molar-refractivity contribution in [3.63, 3.8) is 0 Å². The van der Waals surface area contributed by atoms with E-state index in [0.29, 0.717) is 0 Å². The molecular weight excluding hydrogens is 162 g/mol. The lowest BCUT2D eigenvalue weighted by atomic mass is 10.0. The topological polar surface area (TPSA) is 29.0 Å². The minimum absolute atomic E-state index is 0.796. The number of anilines is 1. The Balaban J connectivity index is 2.21. The SMILES string of the molecule is Cc1cc(C)nc(N2CC(C)C2)n1. The van der Waals surface area contributed by atoms with Crippen molar-refractivity contribution in [1.29, 1.82) is 0 Å². The summed E-state index contributed by atoms with van der Waals surface area (Å²) in [6.07, 6.45) is 0. The smallest absolute Gasteiger partial charge is 0.225 e. The standard InChI is InChI=1S/C10H15N3/c1-7-5-13(6-7)10-11-8(2)4-9(3)12-10/h4,7H,5-6H2,1-3H3. The molecule has 2 rings (SSSR count). The van der Waals surface area contributed by atoms with Crippen molar-refractivity contribution in [2.24, 2.45) is 5.92 Å². The van der Waals surface area contributed by atoms with Crippen molar-refractivity contribution in [2.75, 3.05) is 18.0 Å².